The van der Waals surface area contributed by atoms with Crippen LogP contribution in [0.1, 0.15) is 28.6 Å². The van der Waals surface area contributed by atoms with Crippen LogP contribution in [-0.4, -0.2) is 11.7 Å². The molecule has 0 aliphatic heterocycles. The summed E-state index contributed by atoms with van der Waals surface area (Å²) in [6.07, 6.45) is 0.980. The maximum atomic E-state index is 9.84. The van der Waals surface area contributed by atoms with Crippen LogP contribution in [-0.2, 0) is 6.54 Å². The van der Waals surface area contributed by atoms with Gasteiger partial charge in [0.2, 0.25) is 0 Å². The molecule has 3 heteroatoms. The molecule has 18 heavy (non-hydrogen) atoms. The lowest BCUT2D eigenvalue weighted by atomic mass is 10.1. The number of furan rings is 1. The SMILES string of the molecule is Cc1ccc(CNCC(O)c2ccco2)c(C)c1. The lowest BCUT2D eigenvalue weighted by Crippen LogP contribution is -2.21. The predicted octanol–water partition coefficient (Wildman–Crippen LogP) is 2.72. The Balaban J connectivity index is 1.85. The van der Waals surface area contributed by atoms with E-state index < -0.39 is 6.10 Å². The highest BCUT2D eigenvalue weighted by molar-refractivity contribution is 5.30. The molecule has 2 aromatic rings. The van der Waals surface area contributed by atoms with Gasteiger partial charge in [0.1, 0.15) is 11.9 Å². The Labute approximate surface area is 107 Å². The number of aryl methyl sites for hydroxylation is 2. The van der Waals surface area contributed by atoms with Crippen molar-refractivity contribution < 1.29 is 9.52 Å². The minimum Gasteiger partial charge on any atom is -0.467 e. The summed E-state index contributed by atoms with van der Waals surface area (Å²) in [5.41, 5.74) is 3.80. The Morgan fingerprint density at radius 3 is 2.78 bits per heavy atom. The summed E-state index contributed by atoms with van der Waals surface area (Å²) >= 11 is 0. The van der Waals surface area contributed by atoms with Gasteiger partial charge in [0.25, 0.3) is 0 Å². The number of aliphatic hydroxyl groups excluding tert-OH is 1. The van der Waals surface area contributed by atoms with Crippen molar-refractivity contribution in [1.82, 2.24) is 5.32 Å². The maximum Gasteiger partial charge on any atom is 0.133 e. The molecule has 2 rings (SSSR count). The smallest absolute Gasteiger partial charge is 0.133 e. The highest BCUT2D eigenvalue weighted by Crippen LogP contribution is 2.13. The molecule has 0 radical (unpaired) electrons. The Morgan fingerprint density at radius 2 is 2.11 bits per heavy atom. The van der Waals surface area contributed by atoms with Crippen LogP contribution in [0.3, 0.4) is 0 Å². The standard InChI is InChI=1S/C15H19NO2/c1-11-5-6-13(12(2)8-11)9-16-10-14(17)15-4-3-7-18-15/h3-8,14,16-17H,9-10H2,1-2H3. The normalized spacial score (nSPS) is 12.6. The van der Waals surface area contributed by atoms with Crippen LogP contribution < -0.4 is 5.32 Å². The largest absolute Gasteiger partial charge is 0.467 e. The molecule has 3 nitrogen and oxygen atoms in total. The fourth-order valence-corrected chi connectivity index (χ4v) is 1.97. The quantitative estimate of drug-likeness (QED) is 0.851. The Kier molecular flexibility index (Phi) is 4.18. The molecule has 1 atom stereocenters. The Hall–Kier alpha value is -1.58. The number of rotatable bonds is 5. The second-order valence-electron chi connectivity index (χ2n) is 4.59. The monoisotopic (exact) mass is 245 g/mol. The van der Waals surface area contributed by atoms with Gasteiger partial charge in [-0.15, -0.1) is 0 Å². The van der Waals surface area contributed by atoms with E-state index in [1.165, 1.54) is 16.7 Å². The summed E-state index contributed by atoms with van der Waals surface area (Å²) in [5.74, 6) is 0.600. The molecule has 2 N–H and O–H groups in total. The fraction of sp³-hybridized carbons (Fsp3) is 0.333. The first-order chi connectivity index (χ1) is 8.66. The Morgan fingerprint density at radius 1 is 1.28 bits per heavy atom. The molecule has 0 amide bonds. The highest BCUT2D eigenvalue weighted by atomic mass is 16.4. The number of aliphatic hydroxyl groups is 1. The molecular weight excluding hydrogens is 226 g/mol. The molecule has 96 valence electrons. The molecule has 1 unspecified atom stereocenters. The molecule has 1 heterocycles. The van der Waals surface area contributed by atoms with Crippen molar-refractivity contribution in [3.63, 3.8) is 0 Å². The molecule has 0 spiro atoms. The van der Waals surface area contributed by atoms with E-state index in [0.29, 0.717) is 12.3 Å². The van der Waals surface area contributed by atoms with E-state index in [2.05, 4.69) is 37.4 Å². The van der Waals surface area contributed by atoms with Crippen molar-refractivity contribution in [2.75, 3.05) is 6.54 Å². The second-order valence-corrected chi connectivity index (χ2v) is 4.59. The zero-order chi connectivity index (χ0) is 13.0. The van der Waals surface area contributed by atoms with Gasteiger partial charge in [-0.1, -0.05) is 23.8 Å². The van der Waals surface area contributed by atoms with E-state index in [-0.39, 0.29) is 0 Å². The number of hydrogen-bond donors (Lipinski definition) is 2. The van der Waals surface area contributed by atoms with Crippen molar-refractivity contribution in [3.05, 3.63) is 59.0 Å². The van der Waals surface area contributed by atoms with Crippen LogP contribution in [0.5, 0.6) is 0 Å². The third kappa shape index (κ3) is 3.22. The van der Waals surface area contributed by atoms with Gasteiger partial charge in [0.15, 0.2) is 0 Å². The van der Waals surface area contributed by atoms with Gasteiger partial charge in [-0.05, 0) is 37.1 Å². The third-order valence-electron chi connectivity index (χ3n) is 3.02. The van der Waals surface area contributed by atoms with Crippen molar-refractivity contribution in [1.29, 1.82) is 0 Å². The molecule has 0 saturated carbocycles. The van der Waals surface area contributed by atoms with Gasteiger partial charge in [-0.25, -0.2) is 0 Å². The summed E-state index contributed by atoms with van der Waals surface area (Å²) in [6, 6.07) is 9.95. The molecule has 1 aromatic carbocycles. The Bertz CT molecular complexity index is 491. The lowest BCUT2D eigenvalue weighted by molar-refractivity contribution is 0.147. The van der Waals surface area contributed by atoms with E-state index >= 15 is 0 Å². The summed E-state index contributed by atoms with van der Waals surface area (Å²) in [7, 11) is 0. The topological polar surface area (TPSA) is 45.4 Å². The first kappa shape index (κ1) is 12.9. The lowest BCUT2D eigenvalue weighted by Gasteiger charge is -2.11. The molecule has 0 aliphatic rings. The zero-order valence-electron chi connectivity index (χ0n) is 10.8. The maximum absolute atomic E-state index is 9.84. The average molecular weight is 245 g/mol. The predicted molar refractivity (Wildman–Crippen MR) is 71.3 cm³/mol. The van der Waals surface area contributed by atoms with Crippen molar-refractivity contribution >= 4 is 0 Å². The van der Waals surface area contributed by atoms with Gasteiger partial charge in [0.05, 0.1) is 6.26 Å². The third-order valence-corrected chi connectivity index (χ3v) is 3.02. The molecule has 0 fully saturated rings. The number of benzene rings is 1. The van der Waals surface area contributed by atoms with E-state index in [9.17, 15) is 5.11 Å². The van der Waals surface area contributed by atoms with Crippen molar-refractivity contribution in [3.8, 4) is 0 Å². The van der Waals surface area contributed by atoms with E-state index in [1.54, 1.807) is 18.4 Å². The molecular formula is C15H19NO2. The first-order valence-electron chi connectivity index (χ1n) is 6.15. The minimum atomic E-state index is -0.592. The summed E-state index contributed by atoms with van der Waals surface area (Å²) in [6.45, 7) is 5.43. The van der Waals surface area contributed by atoms with Crippen molar-refractivity contribution in [2.45, 2.75) is 26.5 Å². The van der Waals surface area contributed by atoms with Crippen LogP contribution in [0.2, 0.25) is 0 Å². The van der Waals surface area contributed by atoms with E-state index in [0.717, 1.165) is 6.54 Å². The fourth-order valence-electron chi connectivity index (χ4n) is 1.97. The summed E-state index contributed by atoms with van der Waals surface area (Å²) in [5, 5.41) is 13.1. The number of nitrogens with one attached hydrogen (secondary N) is 1. The molecule has 0 aliphatic carbocycles. The van der Waals surface area contributed by atoms with Gasteiger partial charge in [-0.2, -0.15) is 0 Å². The van der Waals surface area contributed by atoms with Gasteiger partial charge in [-0.3, -0.25) is 0 Å². The van der Waals surface area contributed by atoms with Gasteiger partial charge < -0.3 is 14.8 Å². The summed E-state index contributed by atoms with van der Waals surface area (Å²) in [4.78, 5) is 0. The highest BCUT2D eigenvalue weighted by Gasteiger charge is 2.09. The molecule has 0 bridgehead atoms. The van der Waals surface area contributed by atoms with Gasteiger partial charge >= 0.3 is 0 Å². The van der Waals surface area contributed by atoms with E-state index in [4.69, 9.17) is 4.42 Å². The van der Waals surface area contributed by atoms with Gasteiger partial charge in [0, 0.05) is 13.1 Å². The summed E-state index contributed by atoms with van der Waals surface area (Å²) < 4.78 is 5.15. The number of hydrogen-bond acceptors (Lipinski definition) is 3. The minimum absolute atomic E-state index is 0.487. The average Bonchev–Trinajstić information content (AvgIpc) is 2.85. The first-order valence-corrected chi connectivity index (χ1v) is 6.15. The second kappa shape index (κ2) is 5.85. The van der Waals surface area contributed by atoms with Crippen LogP contribution in [0.4, 0.5) is 0 Å². The van der Waals surface area contributed by atoms with Crippen molar-refractivity contribution in [2.24, 2.45) is 0 Å². The molecule has 0 saturated heterocycles. The molecule has 1 aromatic heterocycles. The van der Waals surface area contributed by atoms with Crippen LogP contribution in [0.25, 0.3) is 0 Å². The van der Waals surface area contributed by atoms with E-state index in [1.807, 2.05) is 0 Å². The van der Waals surface area contributed by atoms with Crippen LogP contribution in [0.15, 0.2) is 41.0 Å². The zero-order valence-corrected chi connectivity index (χ0v) is 10.8. The van der Waals surface area contributed by atoms with Crippen LogP contribution >= 0.6 is 0 Å². The van der Waals surface area contributed by atoms with Crippen LogP contribution in [0, 0.1) is 13.8 Å².